The molecule has 128 valence electrons. The molecule has 0 saturated heterocycles. The van der Waals surface area contributed by atoms with Gasteiger partial charge in [-0.3, -0.25) is 0 Å². The highest BCUT2D eigenvalue weighted by Crippen LogP contribution is 2.34. The number of pyridine rings is 1. The number of hydrogen-bond donors (Lipinski definition) is 0. The summed E-state index contributed by atoms with van der Waals surface area (Å²) in [6.45, 7) is 11.2. The fraction of sp³-hybridized carbons (Fsp3) is 0.292. The SMILES string of the molecule is Cc1cccc(C)c1-c1cccc(-c2cc(C(C)C)cc[n+]2C)c1C. The van der Waals surface area contributed by atoms with Crippen LogP contribution in [-0.4, -0.2) is 0 Å². The van der Waals surface area contributed by atoms with E-state index in [9.17, 15) is 0 Å². The molecule has 3 rings (SSSR count). The van der Waals surface area contributed by atoms with Crippen LogP contribution in [0.3, 0.4) is 0 Å². The maximum absolute atomic E-state index is 2.33. The zero-order valence-corrected chi connectivity index (χ0v) is 16.2. The molecule has 0 fully saturated rings. The molecule has 0 spiro atoms. The maximum atomic E-state index is 2.33. The predicted molar refractivity (Wildman–Crippen MR) is 107 cm³/mol. The van der Waals surface area contributed by atoms with Crippen LogP contribution in [0, 0.1) is 20.8 Å². The van der Waals surface area contributed by atoms with Gasteiger partial charge >= 0.3 is 0 Å². The molecule has 1 heterocycles. The van der Waals surface area contributed by atoms with E-state index in [0.717, 1.165) is 0 Å². The molecular weight excluding hydrogens is 302 g/mol. The van der Waals surface area contributed by atoms with Gasteiger partial charge in [0, 0.05) is 17.7 Å². The Morgan fingerprint density at radius 1 is 0.800 bits per heavy atom. The lowest BCUT2D eigenvalue weighted by molar-refractivity contribution is -0.660. The quantitative estimate of drug-likeness (QED) is 0.527. The monoisotopic (exact) mass is 330 g/mol. The van der Waals surface area contributed by atoms with Gasteiger partial charge in [0.1, 0.15) is 7.05 Å². The first-order chi connectivity index (χ1) is 11.9. The fourth-order valence-electron chi connectivity index (χ4n) is 3.64. The molecule has 0 radical (unpaired) electrons. The van der Waals surface area contributed by atoms with Gasteiger partial charge < -0.3 is 0 Å². The number of aromatic nitrogens is 1. The standard InChI is InChI=1S/C24H28N/c1-16(2)20-13-14-25(6)23(15-20)21-11-8-12-22(19(21)5)24-17(3)9-7-10-18(24)4/h7-16H,1-6H3/q+1. The van der Waals surface area contributed by atoms with Crippen LogP contribution < -0.4 is 4.57 Å². The number of rotatable bonds is 3. The molecule has 0 aliphatic heterocycles. The van der Waals surface area contributed by atoms with Gasteiger partial charge in [0.05, 0.1) is 0 Å². The Morgan fingerprint density at radius 3 is 2.04 bits per heavy atom. The van der Waals surface area contributed by atoms with E-state index in [1.165, 1.54) is 44.6 Å². The molecule has 0 aliphatic rings. The molecule has 0 amide bonds. The van der Waals surface area contributed by atoms with E-state index in [-0.39, 0.29) is 0 Å². The van der Waals surface area contributed by atoms with Gasteiger partial charge in [-0.1, -0.05) is 44.2 Å². The summed E-state index contributed by atoms with van der Waals surface area (Å²) in [5, 5.41) is 0. The third-order valence-electron chi connectivity index (χ3n) is 5.20. The van der Waals surface area contributed by atoms with Crippen molar-refractivity contribution in [1.82, 2.24) is 0 Å². The van der Waals surface area contributed by atoms with Gasteiger partial charge in [0.25, 0.3) is 0 Å². The molecule has 0 N–H and O–H groups in total. The minimum Gasteiger partial charge on any atom is -0.201 e. The van der Waals surface area contributed by atoms with Gasteiger partial charge in [0.2, 0.25) is 5.69 Å². The molecule has 0 saturated carbocycles. The normalized spacial score (nSPS) is 11.2. The third kappa shape index (κ3) is 3.24. The van der Waals surface area contributed by atoms with Crippen LogP contribution >= 0.6 is 0 Å². The largest absolute Gasteiger partial charge is 0.212 e. The molecule has 0 atom stereocenters. The highest BCUT2D eigenvalue weighted by molar-refractivity contribution is 5.79. The number of hydrogen-bond acceptors (Lipinski definition) is 0. The van der Waals surface area contributed by atoms with Gasteiger partial charge in [-0.15, -0.1) is 0 Å². The smallest absolute Gasteiger partial charge is 0.201 e. The van der Waals surface area contributed by atoms with Crippen molar-refractivity contribution in [3.63, 3.8) is 0 Å². The maximum Gasteiger partial charge on any atom is 0.212 e. The van der Waals surface area contributed by atoms with Crippen LogP contribution in [0.1, 0.15) is 42.0 Å². The molecule has 1 heteroatoms. The first-order valence-electron chi connectivity index (χ1n) is 9.06. The van der Waals surface area contributed by atoms with E-state index >= 15 is 0 Å². The van der Waals surface area contributed by atoms with Crippen molar-refractivity contribution < 1.29 is 4.57 Å². The minimum atomic E-state index is 0.530. The van der Waals surface area contributed by atoms with Crippen molar-refractivity contribution in [2.75, 3.05) is 0 Å². The lowest BCUT2D eigenvalue weighted by Gasteiger charge is -2.15. The van der Waals surface area contributed by atoms with Crippen molar-refractivity contribution in [3.8, 4) is 22.4 Å². The van der Waals surface area contributed by atoms with Crippen LogP contribution in [0.25, 0.3) is 22.4 Å². The minimum absolute atomic E-state index is 0.530. The Labute approximate surface area is 152 Å². The molecule has 1 aromatic heterocycles. The zero-order chi connectivity index (χ0) is 18.1. The lowest BCUT2D eigenvalue weighted by Crippen LogP contribution is -2.30. The lowest BCUT2D eigenvalue weighted by atomic mass is 9.89. The second kappa shape index (κ2) is 6.84. The summed E-state index contributed by atoms with van der Waals surface area (Å²) in [4.78, 5) is 0. The van der Waals surface area contributed by atoms with Gasteiger partial charge in [-0.2, -0.15) is 0 Å². The van der Waals surface area contributed by atoms with Crippen LogP contribution in [0.5, 0.6) is 0 Å². The summed E-state index contributed by atoms with van der Waals surface area (Å²) in [5.74, 6) is 0.530. The van der Waals surface area contributed by atoms with Gasteiger partial charge in [-0.25, -0.2) is 4.57 Å². The molecule has 0 unspecified atom stereocenters. The van der Waals surface area contributed by atoms with E-state index < -0.39 is 0 Å². The summed E-state index contributed by atoms with van der Waals surface area (Å²) in [7, 11) is 2.13. The molecule has 1 nitrogen and oxygen atoms in total. The molecule has 2 aromatic carbocycles. The molecule has 3 aromatic rings. The summed E-state index contributed by atoms with van der Waals surface area (Å²) in [6, 6.07) is 17.8. The Kier molecular flexibility index (Phi) is 4.76. The number of benzene rings is 2. The summed E-state index contributed by atoms with van der Waals surface area (Å²) < 4.78 is 2.22. The van der Waals surface area contributed by atoms with Gasteiger partial charge in [-0.05, 0) is 66.1 Å². The average Bonchev–Trinajstić information content (AvgIpc) is 2.56. The topological polar surface area (TPSA) is 3.88 Å². The van der Waals surface area contributed by atoms with E-state index in [1.54, 1.807) is 0 Å². The van der Waals surface area contributed by atoms with Crippen LogP contribution in [0.15, 0.2) is 54.7 Å². The summed E-state index contributed by atoms with van der Waals surface area (Å²) in [6.07, 6.45) is 2.18. The number of nitrogens with zero attached hydrogens (tertiary/aromatic N) is 1. The summed E-state index contributed by atoms with van der Waals surface area (Å²) in [5.41, 5.74) is 10.7. The Hall–Kier alpha value is -2.41. The molecule has 0 bridgehead atoms. The Morgan fingerprint density at radius 2 is 1.40 bits per heavy atom. The van der Waals surface area contributed by atoms with Gasteiger partial charge in [0.15, 0.2) is 6.20 Å². The second-order valence-electron chi connectivity index (χ2n) is 7.36. The van der Waals surface area contributed by atoms with E-state index in [0.29, 0.717) is 5.92 Å². The highest BCUT2D eigenvalue weighted by Gasteiger charge is 2.18. The predicted octanol–water partition coefficient (Wildman–Crippen LogP) is 5.89. The van der Waals surface area contributed by atoms with Crippen molar-refractivity contribution in [1.29, 1.82) is 0 Å². The van der Waals surface area contributed by atoms with Crippen molar-refractivity contribution >= 4 is 0 Å². The summed E-state index contributed by atoms with van der Waals surface area (Å²) >= 11 is 0. The fourth-order valence-corrected chi connectivity index (χ4v) is 3.64. The first-order valence-corrected chi connectivity index (χ1v) is 9.06. The zero-order valence-electron chi connectivity index (χ0n) is 16.2. The first kappa shape index (κ1) is 17.4. The van der Waals surface area contributed by atoms with Crippen LogP contribution in [0.2, 0.25) is 0 Å². The van der Waals surface area contributed by atoms with Crippen LogP contribution in [0.4, 0.5) is 0 Å². The molecule has 25 heavy (non-hydrogen) atoms. The number of aryl methyl sites for hydroxylation is 3. The van der Waals surface area contributed by atoms with E-state index in [2.05, 4.69) is 101 Å². The van der Waals surface area contributed by atoms with E-state index in [1.807, 2.05) is 0 Å². The molecule has 0 aliphatic carbocycles. The van der Waals surface area contributed by atoms with Crippen LogP contribution in [-0.2, 0) is 7.05 Å². The van der Waals surface area contributed by atoms with Crippen molar-refractivity contribution in [3.05, 3.63) is 77.0 Å². The Balaban J connectivity index is 2.23. The second-order valence-corrected chi connectivity index (χ2v) is 7.36. The van der Waals surface area contributed by atoms with Crippen molar-refractivity contribution in [2.45, 2.75) is 40.5 Å². The molecular formula is C24H28N+. The third-order valence-corrected chi connectivity index (χ3v) is 5.20. The average molecular weight is 330 g/mol. The highest BCUT2D eigenvalue weighted by atomic mass is 14.9. The van der Waals surface area contributed by atoms with Crippen molar-refractivity contribution in [2.24, 2.45) is 7.05 Å². The van der Waals surface area contributed by atoms with E-state index in [4.69, 9.17) is 0 Å². The Bertz CT molecular complexity index is 899.